The number of aldehydes is 1. The lowest BCUT2D eigenvalue weighted by Gasteiger charge is -2.03. The van der Waals surface area contributed by atoms with Crippen molar-refractivity contribution in [1.29, 1.82) is 0 Å². The molecule has 1 aliphatic rings. The summed E-state index contributed by atoms with van der Waals surface area (Å²) in [7, 11) is 0. The van der Waals surface area contributed by atoms with E-state index in [-0.39, 0.29) is 0 Å². The van der Waals surface area contributed by atoms with Crippen LogP contribution in [0.25, 0.3) is 0 Å². The molecule has 0 saturated carbocycles. The van der Waals surface area contributed by atoms with Gasteiger partial charge in [-0.15, -0.1) is 0 Å². The van der Waals surface area contributed by atoms with E-state index in [4.69, 9.17) is 0 Å². The fraction of sp³-hybridized carbons (Fsp3) is 0.625. The molecule has 1 rings (SSSR count). The fourth-order valence-electron chi connectivity index (χ4n) is 1.21. The van der Waals surface area contributed by atoms with Gasteiger partial charge in [-0.3, -0.25) is 0 Å². The van der Waals surface area contributed by atoms with E-state index >= 15 is 0 Å². The highest BCUT2D eigenvalue weighted by molar-refractivity contribution is 5.49. The molecule has 0 N–H and O–H groups in total. The van der Waals surface area contributed by atoms with Gasteiger partial charge in [-0.1, -0.05) is 12.2 Å². The first-order chi connectivity index (χ1) is 4.43. The molecule has 0 amide bonds. The first kappa shape index (κ1) is 6.53. The smallest absolute Gasteiger partial charge is 0.120 e. The summed E-state index contributed by atoms with van der Waals surface area (Å²) in [5.41, 5.74) is 0. The molecule has 1 aliphatic carbocycles. The third-order valence-electron chi connectivity index (χ3n) is 1.80. The molecule has 0 radical (unpaired) electrons. The number of hydrogen-bond acceptors (Lipinski definition) is 1. The lowest BCUT2D eigenvalue weighted by atomic mass is 10.0. The minimum absolute atomic E-state index is 0.742. The van der Waals surface area contributed by atoms with Gasteiger partial charge in [0.05, 0.1) is 0 Å². The Balaban J connectivity index is 2.07. The maximum atomic E-state index is 9.94. The summed E-state index contributed by atoms with van der Waals surface area (Å²) in [4.78, 5) is 9.94. The summed E-state index contributed by atoms with van der Waals surface area (Å²) in [6.07, 6.45) is 9.62. The van der Waals surface area contributed by atoms with Crippen molar-refractivity contribution in [3.8, 4) is 0 Å². The zero-order chi connectivity index (χ0) is 6.53. The Morgan fingerprint density at radius 1 is 1.44 bits per heavy atom. The largest absolute Gasteiger partial charge is 0.303 e. The van der Waals surface area contributed by atoms with Gasteiger partial charge in [-0.05, 0) is 25.2 Å². The molecule has 0 aromatic carbocycles. The lowest BCUT2D eigenvalue weighted by molar-refractivity contribution is -0.108. The monoisotopic (exact) mass is 124 g/mol. The summed E-state index contributed by atoms with van der Waals surface area (Å²) in [5.74, 6) is 0.773. The van der Waals surface area contributed by atoms with Gasteiger partial charge >= 0.3 is 0 Å². The first-order valence-electron chi connectivity index (χ1n) is 3.52. The van der Waals surface area contributed by atoms with Crippen LogP contribution in [0, 0.1) is 5.92 Å². The predicted octanol–water partition coefficient (Wildman–Crippen LogP) is 1.93. The van der Waals surface area contributed by atoms with Gasteiger partial charge in [0, 0.05) is 6.42 Å². The molecule has 0 fully saturated rings. The van der Waals surface area contributed by atoms with Crippen molar-refractivity contribution in [2.75, 3.05) is 0 Å². The molecule has 0 atom stereocenters. The molecular formula is C8H12O. The van der Waals surface area contributed by atoms with Crippen molar-refractivity contribution in [3.05, 3.63) is 12.2 Å². The normalized spacial score (nSPS) is 18.7. The number of rotatable bonds is 3. The number of allylic oxidation sites excluding steroid dienone is 2. The third kappa shape index (κ3) is 2.00. The Kier molecular flexibility index (Phi) is 2.49. The van der Waals surface area contributed by atoms with Gasteiger partial charge < -0.3 is 4.79 Å². The van der Waals surface area contributed by atoms with Crippen molar-refractivity contribution in [2.45, 2.75) is 25.7 Å². The Morgan fingerprint density at radius 2 is 2.11 bits per heavy atom. The van der Waals surface area contributed by atoms with Gasteiger partial charge in [0.1, 0.15) is 6.29 Å². The van der Waals surface area contributed by atoms with Gasteiger partial charge in [0.25, 0.3) is 0 Å². The van der Waals surface area contributed by atoms with Crippen molar-refractivity contribution in [3.63, 3.8) is 0 Å². The quantitative estimate of drug-likeness (QED) is 0.415. The van der Waals surface area contributed by atoms with Crippen LogP contribution >= 0.6 is 0 Å². The Labute approximate surface area is 55.8 Å². The summed E-state index contributed by atoms with van der Waals surface area (Å²) in [5, 5.41) is 0. The first-order valence-corrected chi connectivity index (χ1v) is 3.52. The molecular weight excluding hydrogens is 112 g/mol. The predicted molar refractivity (Wildman–Crippen MR) is 37.2 cm³/mol. The SMILES string of the molecule is O=CCCC1CC=CC1. The average molecular weight is 124 g/mol. The molecule has 0 saturated heterocycles. The maximum Gasteiger partial charge on any atom is 0.120 e. The van der Waals surface area contributed by atoms with E-state index in [9.17, 15) is 4.79 Å². The van der Waals surface area contributed by atoms with Crippen LogP contribution in [0.1, 0.15) is 25.7 Å². The van der Waals surface area contributed by atoms with E-state index < -0.39 is 0 Å². The minimum Gasteiger partial charge on any atom is -0.303 e. The minimum atomic E-state index is 0.742. The molecule has 0 aromatic rings. The third-order valence-corrected chi connectivity index (χ3v) is 1.80. The van der Waals surface area contributed by atoms with E-state index in [2.05, 4.69) is 12.2 Å². The van der Waals surface area contributed by atoms with Gasteiger partial charge in [0.15, 0.2) is 0 Å². The van der Waals surface area contributed by atoms with E-state index in [0.717, 1.165) is 25.0 Å². The summed E-state index contributed by atoms with van der Waals surface area (Å²) in [6.45, 7) is 0. The summed E-state index contributed by atoms with van der Waals surface area (Å²) in [6, 6.07) is 0. The van der Waals surface area contributed by atoms with Crippen LogP contribution in [0.15, 0.2) is 12.2 Å². The Morgan fingerprint density at radius 3 is 2.67 bits per heavy atom. The van der Waals surface area contributed by atoms with Gasteiger partial charge in [0.2, 0.25) is 0 Å². The maximum absolute atomic E-state index is 9.94. The van der Waals surface area contributed by atoms with Crippen LogP contribution in [0.3, 0.4) is 0 Å². The number of carbonyl (C=O) groups excluding carboxylic acids is 1. The second kappa shape index (κ2) is 3.44. The van der Waals surface area contributed by atoms with Crippen LogP contribution in [0.5, 0.6) is 0 Å². The lowest BCUT2D eigenvalue weighted by Crippen LogP contribution is -1.92. The van der Waals surface area contributed by atoms with Crippen LogP contribution < -0.4 is 0 Å². The van der Waals surface area contributed by atoms with Crippen LogP contribution in [0.4, 0.5) is 0 Å². The van der Waals surface area contributed by atoms with Gasteiger partial charge in [-0.25, -0.2) is 0 Å². The second-order valence-corrected chi connectivity index (χ2v) is 2.55. The van der Waals surface area contributed by atoms with Crippen molar-refractivity contribution in [2.24, 2.45) is 5.92 Å². The van der Waals surface area contributed by atoms with E-state index in [0.29, 0.717) is 0 Å². The van der Waals surface area contributed by atoms with Crippen LogP contribution in [0.2, 0.25) is 0 Å². The highest BCUT2D eigenvalue weighted by Gasteiger charge is 2.08. The zero-order valence-electron chi connectivity index (χ0n) is 5.55. The van der Waals surface area contributed by atoms with Crippen LogP contribution in [-0.2, 0) is 4.79 Å². The number of hydrogen-bond donors (Lipinski definition) is 0. The molecule has 1 heteroatoms. The molecule has 50 valence electrons. The van der Waals surface area contributed by atoms with Crippen LogP contribution in [-0.4, -0.2) is 6.29 Å². The molecule has 0 spiro atoms. The van der Waals surface area contributed by atoms with E-state index in [1.54, 1.807) is 0 Å². The molecule has 0 aliphatic heterocycles. The van der Waals surface area contributed by atoms with Gasteiger partial charge in [-0.2, -0.15) is 0 Å². The molecule has 0 heterocycles. The number of carbonyl (C=O) groups is 1. The Bertz CT molecular complexity index is 108. The molecule has 0 unspecified atom stereocenters. The molecule has 9 heavy (non-hydrogen) atoms. The average Bonchev–Trinajstić information content (AvgIpc) is 2.34. The molecule has 0 bridgehead atoms. The summed E-state index contributed by atoms with van der Waals surface area (Å²) >= 11 is 0. The highest BCUT2D eigenvalue weighted by atomic mass is 16.1. The van der Waals surface area contributed by atoms with Crippen molar-refractivity contribution >= 4 is 6.29 Å². The van der Waals surface area contributed by atoms with Crippen molar-refractivity contribution < 1.29 is 4.79 Å². The van der Waals surface area contributed by atoms with Crippen molar-refractivity contribution in [1.82, 2.24) is 0 Å². The Hall–Kier alpha value is -0.590. The van der Waals surface area contributed by atoms with E-state index in [1.807, 2.05) is 0 Å². The molecule has 1 nitrogen and oxygen atoms in total. The highest BCUT2D eigenvalue weighted by Crippen LogP contribution is 2.21. The molecule has 0 aromatic heterocycles. The zero-order valence-corrected chi connectivity index (χ0v) is 5.55. The summed E-state index contributed by atoms with van der Waals surface area (Å²) < 4.78 is 0. The second-order valence-electron chi connectivity index (χ2n) is 2.55. The van der Waals surface area contributed by atoms with E-state index in [1.165, 1.54) is 12.8 Å². The standard InChI is InChI=1S/C8H12O/c9-7-3-6-8-4-1-2-5-8/h1-2,7-8H,3-6H2. The fourth-order valence-corrected chi connectivity index (χ4v) is 1.21. The topological polar surface area (TPSA) is 17.1 Å².